The second-order valence-electron chi connectivity index (χ2n) is 6.17. The highest BCUT2D eigenvalue weighted by Crippen LogP contribution is 2.36. The van der Waals surface area contributed by atoms with Crippen LogP contribution in [0.5, 0.6) is 0 Å². The number of aromatic nitrogens is 2. The van der Waals surface area contributed by atoms with Crippen LogP contribution in [0.3, 0.4) is 0 Å². The molecule has 3 aliphatic rings. The number of fused-ring (bicyclic) bond motifs is 2. The molecule has 1 aliphatic carbocycles. The Bertz CT molecular complexity index is 505. The molecule has 2 saturated heterocycles. The molecule has 2 aliphatic heterocycles. The average molecular weight is 314 g/mol. The summed E-state index contributed by atoms with van der Waals surface area (Å²) in [6.07, 6.45) is 6.95. The van der Waals surface area contributed by atoms with E-state index in [1.165, 1.54) is 25.7 Å². The van der Waals surface area contributed by atoms with Crippen LogP contribution in [0.2, 0.25) is 5.02 Å². The third-order valence-corrected chi connectivity index (χ3v) is 4.98. The first-order valence-electron chi connectivity index (χ1n) is 7.63. The van der Waals surface area contributed by atoms with E-state index in [0.717, 1.165) is 0 Å². The first kappa shape index (κ1) is 14.0. The molecular formula is C14H20ClN3O3. The lowest BCUT2D eigenvalue weighted by atomic mass is 9.95. The Kier molecular flexibility index (Phi) is 3.67. The molecule has 3 heterocycles. The second kappa shape index (κ2) is 5.52. The molecule has 0 radical (unpaired) electrons. The second-order valence-corrected chi connectivity index (χ2v) is 6.61. The first-order valence-corrected chi connectivity index (χ1v) is 8.01. The number of hydrogen-bond acceptors (Lipinski definition) is 5. The molecule has 2 N–H and O–H groups in total. The first-order chi connectivity index (χ1) is 10.2. The number of ether oxygens (including phenoxy) is 2. The van der Waals surface area contributed by atoms with Crippen molar-refractivity contribution < 1.29 is 14.6 Å². The molecule has 0 amide bonds. The molecule has 21 heavy (non-hydrogen) atoms. The van der Waals surface area contributed by atoms with Gasteiger partial charge in [-0.3, -0.25) is 4.68 Å². The molecule has 1 saturated carbocycles. The third-order valence-electron chi connectivity index (χ3n) is 4.79. The number of nitrogens with zero attached hydrogens (tertiary/aromatic N) is 2. The summed E-state index contributed by atoms with van der Waals surface area (Å²) in [6, 6.07) is -0.0257. The number of aliphatic hydroxyl groups excluding tert-OH is 1. The smallest absolute Gasteiger partial charge is 0.183 e. The predicted molar refractivity (Wildman–Crippen MR) is 76.1 cm³/mol. The van der Waals surface area contributed by atoms with Crippen LogP contribution in [0, 0.1) is 0 Å². The molecule has 4 rings (SSSR count). The van der Waals surface area contributed by atoms with Crippen molar-refractivity contribution >= 4 is 11.6 Å². The maximum absolute atomic E-state index is 10.8. The Morgan fingerprint density at radius 2 is 2.19 bits per heavy atom. The SMILES string of the molecule is O[C@H]1[C@H](NC2CCCC2)[C@H]2CO[C@H](O2)[C@@H]1n1cc(Cl)cn1. The average Bonchev–Trinajstić information content (AvgIpc) is 3.17. The maximum atomic E-state index is 10.8. The van der Waals surface area contributed by atoms with Gasteiger partial charge in [-0.15, -0.1) is 0 Å². The number of halogens is 1. The lowest BCUT2D eigenvalue weighted by Gasteiger charge is -2.39. The highest BCUT2D eigenvalue weighted by atomic mass is 35.5. The van der Waals surface area contributed by atoms with Crippen LogP contribution < -0.4 is 5.32 Å². The van der Waals surface area contributed by atoms with Crippen molar-refractivity contribution in [3.63, 3.8) is 0 Å². The lowest BCUT2D eigenvalue weighted by Crippen LogP contribution is -2.59. The van der Waals surface area contributed by atoms with Gasteiger partial charge in [0, 0.05) is 12.2 Å². The van der Waals surface area contributed by atoms with Gasteiger partial charge >= 0.3 is 0 Å². The summed E-state index contributed by atoms with van der Waals surface area (Å²) in [5, 5.41) is 19.1. The molecule has 5 atom stereocenters. The maximum Gasteiger partial charge on any atom is 0.183 e. The lowest BCUT2D eigenvalue weighted by molar-refractivity contribution is -0.169. The molecule has 0 spiro atoms. The zero-order valence-electron chi connectivity index (χ0n) is 11.7. The van der Waals surface area contributed by atoms with E-state index in [1.807, 2.05) is 0 Å². The van der Waals surface area contributed by atoms with Gasteiger partial charge in [-0.1, -0.05) is 24.4 Å². The van der Waals surface area contributed by atoms with Gasteiger partial charge < -0.3 is 19.9 Å². The number of hydrogen-bond donors (Lipinski definition) is 2. The monoisotopic (exact) mass is 313 g/mol. The zero-order chi connectivity index (χ0) is 14.4. The van der Waals surface area contributed by atoms with Crippen LogP contribution >= 0.6 is 11.6 Å². The van der Waals surface area contributed by atoms with Crippen molar-refractivity contribution in [2.75, 3.05) is 6.61 Å². The van der Waals surface area contributed by atoms with Crippen LogP contribution in [0.4, 0.5) is 0 Å². The molecule has 0 aromatic carbocycles. The summed E-state index contributed by atoms with van der Waals surface area (Å²) in [6.45, 7) is 0.512. The van der Waals surface area contributed by atoms with Crippen molar-refractivity contribution in [1.29, 1.82) is 0 Å². The normalized spacial score (nSPS) is 40.0. The zero-order valence-corrected chi connectivity index (χ0v) is 12.4. The van der Waals surface area contributed by atoms with E-state index < -0.39 is 12.4 Å². The highest BCUT2D eigenvalue weighted by molar-refractivity contribution is 6.30. The third kappa shape index (κ3) is 2.49. The van der Waals surface area contributed by atoms with E-state index in [4.69, 9.17) is 21.1 Å². The molecule has 2 bridgehead atoms. The Hall–Kier alpha value is -0.660. The van der Waals surface area contributed by atoms with Crippen LogP contribution in [-0.4, -0.2) is 52.1 Å². The van der Waals surface area contributed by atoms with Crippen molar-refractivity contribution in [3.8, 4) is 0 Å². The van der Waals surface area contributed by atoms with E-state index in [-0.39, 0.29) is 18.2 Å². The summed E-state index contributed by atoms with van der Waals surface area (Å²) in [4.78, 5) is 0. The summed E-state index contributed by atoms with van der Waals surface area (Å²) in [5.41, 5.74) is 0. The van der Waals surface area contributed by atoms with Gasteiger partial charge in [0.1, 0.15) is 12.1 Å². The van der Waals surface area contributed by atoms with Gasteiger partial charge in [0.05, 0.1) is 30.0 Å². The Balaban J connectivity index is 1.56. The molecule has 3 fully saturated rings. The number of rotatable bonds is 3. The molecule has 0 unspecified atom stereocenters. The van der Waals surface area contributed by atoms with E-state index in [0.29, 0.717) is 17.7 Å². The number of nitrogens with one attached hydrogen (secondary N) is 1. The van der Waals surface area contributed by atoms with Crippen LogP contribution in [0.15, 0.2) is 12.4 Å². The predicted octanol–water partition coefficient (Wildman–Crippen LogP) is 1.09. The highest BCUT2D eigenvalue weighted by Gasteiger charge is 2.51. The van der Waals surface area contributed by atoms with E-state index in [1.54, 1.807) is 17.1 Å². The van der Waals surface area contributed by atoms with E-state index in [2.05, 4.69) is 10.4 Å². The van der Waals surface area contributed by atoms with E-state index in [9.17, 15) is 5.11 Å². The molecular weight excluding hydrogens is 294 g/mol. The molecule has 6 nitrogen and oxygen atoms in total. The van der Waals surface area contributed by atoms with Gasteiger partial charge in [-0.2, -0.15) is 5.10 Å². The summed E-state index contributed by atoms with van der Waals surface area (Å²) in [5.74, 6) is 0. The minimum atomic E-state index is -0.604. The van der Waals surface area contributed by atoms with Crippen LogP contribution in [0.25, 0.3) is 0 Å². The fourth-order valence-corrected chi connectivity index (χ4v) is 3.87. The standard InChI is InChI=1S/C14H20ClN3O3/c15-8-5-16-18(6-8)12-13(19)11(10-7-20-14(12)21-10)17-9-3-1-2-4-9/h5-6,9-14,17,19H,1-4,7H2/t10-,11-,12-,13+,14-/m1/s1. The Labute approximate surface area is 128 Å². The minimum Gasteiger partial charge on any atom is -0.389 e. The fraction of sp³-hybridized carbons (Fsp3) is 0.786. The quantitative estimate of drug-likeness (QED) is 0.874. The van der Waals surface area contributed by atoms with Gasteiger partial charge in [0.15, 0.2) is 6.29 Å². The van der Waals surface area contributed by atoms with Gasteiger partial charge in [0.25, 0.3) is 0 Å². The van der Waals surface area contributed by atoms with Crippen LogP contribution in [-0.2, 0) is 9.47 Å². The largest absolute Gasteiger partial charge is 0.389 e. The number of aliphatic hydroxyl groups is 1. The van der Waals surface area contributed by atoms with Gasteiger partial charge in [-0.25, -0.2) is 0 Å². The Morgan fingerprint density at radius 3 is 2.90 bits per heavy atom. The molecule has 1 aromatic heterocycles. The van der Waals surface area contributed by atoms with Crippen molar-refractivity contribution in [3.05, 3.63) is 17.4 Å². The van der Waals surface area contributed by atoms with Crippen molar-refractivity contribution in [2.24, 2.45) is 0 Å². The Morgan fingerprint density at radius 1 is 1.38 bits per heavy atom. The van der Waals surface area contributed by atoms with Crippen molar-refractivity contribution in [2.45, 2.75) is 62.3 Å². The van der Waals surface area contributed by atoms with Crippen LogP contribution in [0.1, 0.15) is 31.7 Å². The molecule has 1 aromatic rings. The van der Waals surface area contributed by atoms with Crippen molar-refractivity contribution in [1.82, 2.24) is 15.1 Å². The van der Waals surface area contributed by atoms with E-state index >= 15 is 0 Å². The van der Waals surface area contributed by atoms with Gasteiger partial charge in [0.2, 0.25) is 0 Å². The minimum absolute atomic E-state index is 0.0899. The van der Waals surface area contributed by atoms with Gasteiger partial charge in [-0.05, 0) is 12.8 Å². The topological polar surface area (TPSA) is 68.5 Å². The molecule has 7 heteroatoms. The summed E-state index contributed by atoms with van der Waals surface area (Å²) < 4.78 is 13.3. The summed E-state index contributed by atoms with van der Waals surface area (Å²) >= 11 is 5.94. The molecule has 116 valence electrons. The summed E-state index contributed by atoms with van der Waals surface area (Å²) in [7, 11) is 0. The fourth-order valence-electron chi connectivity index (χ4n) is 3.73.